The number of fused-ring (bicyclic) bond motifs is 1. The molecule has 0 saturated carbocycles. The first-order valence-corrected chi connectivity index (χ1v) is 9.22. The van der Waals surface area contributed by atoms with Crippen molar-refractivity contribution in [2.75, 3.05) is 0 Å². The second-order valence-electron chi connectivity index (χ2n) is 6.23. The lowest BCUT2D eigenvalue weighted by Gasteiger charge is -2.07. The van der Waals surface area contributed by atoms with Gasteiger partial charge < -0.3 is 4.98 Å². The molecule has 3 aromatic rings. The number of benzene rings is 1. The maximum absolute atomic E-state index is 10.9. The van der Waals surface area contributed by atoms with Gasteiger partial charge in [-0.3, -0.25) is 9.78 Å². The van der Waals surface area contributed by atoms with E-state index in [1.165, 1.54) is 10.9 Å². The Balaban J connectivity index is 1.95. The molecule has 2 heterocycles. The molecule has 130 valence electrons. The Bertz CT molecular complexity index is 888. The van der Waals surface area contributed by atoms with Gasteiger partial charge in [0.2, 0.25) is 5.24 Å². The third kappa shape index (κ3) is 4.05. The van der Waals surface area contributed by atoms with E-state index in [2.05, 4.69) is 23.0 Å². The number of pyridine rings is 1. The molecule has 25 heavy (non-hydrogen) atoms. The smallest absolute Gasteiger partial charge is 0.221 e. The summed E-state index contributed by atoms with van der Waals surface area (Å²) in [6.45, 7) is 2.06. The van der Waals surface area contributed by atoms with Crippen molar-refractivity contribution in [3.8, 4) is 11.3 Å². The van der Waals surface area contributed by atoms with Crippen molar-refractivity contribution in [2.24, 2.45) is 0 Å². The van der Waals surface area contributed by atoms with Crippen LogP contribution in [0.25, 0.3) is 22.2 Å². The molecule has 0 atom stereocenters. The van der Waals surface area contributed by atoms with Crippen molar-refractivity contribution in [3.63, 3.8) is 0 Å². The highest BCUT2D eigenvalue weighted by atomic mass is 35.5. The molecule has 0 unspecified atom stereocenters. The molecule has 5 heteroatoms. The van der Waals surface area contributed by atoms with E-state index in [0.29, 0.717) is 6.42 Å². The van der Waals surface area contributed by atoms with Crippen LogP contribution in [0.3, 0.4) is 0 Å². The largest absolute Gasteiger partial charge is 0.354 e. The summed E-state index contributed by atoms with van der Waals surface area (Å²) in [5.74, 6) is 0. The van der Waals surface area contributed by atoms with Crippen LogP contribution < -0.4 is 0 Å². The predicted octanol–water partition coefficient (Wildman–Crippen LogP) is 6.06. The summed E-state index contributed by atoms with van der Waals surface area (Å²) < 4.78 is 0. The number of carbonyl (C=O) groups is 1. The zero-order chi connectivity index (χ0) is 17.8. The van der Waals surface area contributed by atoms with E-state index >= 15 is 0 Å². The van der Waals surface area contributed by atoms with Crippen molar-refractivity contribution in [1.82, 2.24) is 9.97 Å². The molecule has 2 aromatic heterocycles. The molecule has 0 saturated heterocycles. The second-order valence-corrected chi connectivity index (χ2v) is 7.06. The fraction of sp³-hybridized carbons (Fsp3) is 0.300. The Morgan fingerprint density at radius 2 is 2.04 bits per heavy atom. The van der Waals surface area contributed by atoms with E-state index < -0.39 is 0 Å². The van der Waals surface area contributed by atoms with Crippen LogP contribution in [0.5, 0.6) is 0 Å². The molecule has 3 rings (SSSR count). The molecule has 0 aliphatic heterocycles. The molecule has 0 radical (unpaired) electrons. The van der Waals surface area contributed by atoms with Gasteiger partial charge in [-0.25, -0.2) is 0 Å². The SMILES string of the molecule is Cc1c(Cl)ccc2[nH]c(-c3cccnc3)c(CCCCCC(=O)Cl)c12. The summed E-state index contributed by atoms with van der Waals surface area (Å²) in [4.78, 5) is 18.6. The zero-order valence-electron chi connectivity index (χ0n) is 14.1. The molecule has 1 N–H and O–H groups in total. The molecule has 0 spiro atoms. The van der Waals surface area contributed by atoms with Crippen molar-refractivity contribution in [1.29, 1.82) is 0 Å². The number of hydrogen-bond acceptors (Lipinski definition) is 2. The van der Waals surface area contributed by atoms with E-state index in [1.54, 1.807) is 6.20 Å². The highest BCUT2D eigenvalue weighted by Crippen LogP contribution is 2.35. The van der Waals surface area contributed by atoms with Crippen LogP contribution in [0.1, 0.15) is 36.8 Å². The van der Waals surface area contributed by atoms with Gasteiger partial charge in [-0.1, -0.05) is 18.0 Å². The molecule has 1 aromatic carbocycles. The first kappa shape index (κ1) is 18.0. The Labute approximate surface area is 157 Å². The Morgan fingerprint density at radius 3 is 2.76 bits per heavy atom. The molecule has 0 aliphatic carbocycles. The first-order chi connectivity index (χ1) is 12.1. The van der Waals surface area contributed by atoms with E-state index in [1.807, 2.05) is 24.4 Å². The second kappa shape index (κ2) is 8.03. The fourth-order valence-corrected chi connectivity index (χ4v) is 3.56. The minimum atomic E-state index is -0.259. The molecule has 0 fully saturated rings. The molecular weight excluding hydrogens is 355 g/mol. The Morgan fingerprint density at radius 1 is 1.20 bits per heavy atom. The van der Waals surface area contributed by atoms with Crippen LogP contribution in [0.15, 0.2) is 36.7 Å². The Hall–Kier alpha value is -1.84. The number of halogens is 2. The summed E-state index contributed by atoms with van der Waals surface area (Å²) in [6.07, 6.45) is 7.80. The monoisotopic (exact) mass is 374 g/mol. The maximum Gasteiger partial charge on any atom is 0.221 e. The van der Waals surface area contributed by atoms with Gasteiger partial charge in [-0.2, -0.15) is 0 Å². The quantitative estimate of drug-likeness (QED) is 0.403. The fourth-order valence-electron chi connectivity index (χ4n) is 3.26. The van der Waals surface area contributed by atoms with Gasteiger partial charge in [0.05, 0.1) is 5.69 Å². The van der Waals surface area contributed by atoms with Crippen molar-refractivity contribution in [2.45, 2.75) is 39.0 Å². The topological polar surface area (TPSA) is 45.8 Å². The van der Waals surface area contributed by atoms with Crippen LogP contribution in [-0.4, -0.2) is 15.2 Å². The highest BCUT2D eigenvalue weighted by Gasteiger charge is 2.16. The van der Waals surface area contributed by atoms with Crippen LogP contribution in [0, 0.1) is 6.92 Å². The number of aromatic amines is 1. The van der Waals surface area contributed by atoms with Crippen molar-refractivity contribution >= 4 is 39.3 Å². The lowest BCUT2D eigenvalue weighted by atomic mass is 9.98. The van der Waals surface area contributed by atoms with Crippen molar-refractivity contribution in [3.05, 3.63) is 52.8 Å². The lowest BCUT2D eigenvalue weighted by Crippen LogP contribution is -1.92. The summed E-state index contributed by atoms with van der Waals surface area (Å²) in [7, 11) is 0. The van der Waals surface area contributed by atoms with Gasteiger partial charge in [0, 0.05) is 40.3 Å². The van der Waals surface area contributed by atoms with Gasteiger partial charge in [0.15, 0.2) is 0 Å². The number of nitrogens with zero attached hydrogens (tertiary/aromatic N) is 1. The van der Waals surface area contributed by atoms with Gasteiger partial charge in [0.1, 0.15) is 0 Å². The normalized spacial score (nSPS) is 11.2. The van der Waals surface area contributed by atoms with Gasteiger partial charge >= 0.3 is 0 Å². The van der Waals surface area contributed by atoms with Gasteiger partial charge in [-0.05, 0) is 73.2 Å². The average Bonchev–Trinajstić information content (AvgIpc) is 2.98. The first-order valence-electron chi connectivity index (χ1n) is 8.46. The van der Waals surface area contributed by atoms with E-state index in [9.17, 15) is 4.79 Å². The third-order valence-electron chi connectivity index (χ3n) is 4.51. The molecule has 0 aliphatic rings. The van der Waals surface area contributed by atoms with E-state index in [4.69, 9.17) is 23.2 Å². The third-order valence-corrected chi connectivity index (χ3v) is 5.11. The van der Waals surface area contributed by atoms with Gasteiger partial charge in [-0.15, -0.1) is 0 Å². The standard InChI is InChI=1S/C20H20Cl2N2O/c1-13-16(21)9-10-17-19(13)15(7-3-2-4-8-18(22)25)20(24-17)14-6-5-11-23-12-14/h5-6,9-12,24H,2-4,7-8H2,1H3. The van der Waals surface area contributed by atoms with E-state index in [0.717, 1.165) is 53.0 Å². The molecule has 0 amide bonds. The number of carbonyl (C=O) groups excluding carboxylic acids is 1. The van der Waals surface area contributed by atoms with E-state index in [-0.39, 0.29) is 5.24 Å². The van der Waals surface area contributed by atoms with Gasteiger partial charge in [0.25, 0.3) is 0 Å². The lowest BCUT2D eigenvalue weighted by molar-refractivity contribution is -0.111. The number of aromatic nitrogens is 2. The van der Waals surface area contributed by atoms with Crippen LogP contribution in [0.2, 0.25) is 5.02 Å². The summed E-state index contributed by atoms with van der Waals surface area (Å²) in [6, 6.07) is 7.96. The number of rotatable bonds is 7. The van der Waals surface area contributed by atoms with Crippen LogP contribution in [0.4, 0.5) is 0 Å². The molecular formula is C20H20Cl2N2O. The predicted molar refractivity (Wildman–Crippen MR) is 104 cm³/mol. The Kier molecular flexibility index (Phi) is 5.77. The molecule has 0 bridgehead atoms. The number of unbranched alkanes of at least 4 members (excludes halogenated alkanes) is 2. The highest BCUT2D eigenvalue weighted by molar-refractivity contribution is 6.63. The number of nitrogens with one attached hydrogen (secondary N) is 1. The summed E-state index contributed by atoms with van der Waals surface area (Å²) >= 11 is 11.8. The number of aryl methyl sites for hydroxylation is 2. The zero-order valence-corrected chi connectivity index (χ0v) is 15.6. The number of hydrogen-bond donors (Lipinski definition) is 1. The average molecular weight is 375 g/mol. The molecule has 3 nitrogen and oxygen atoms in total. The van der Waals surface area contributed by atoms with Crippen LogP contribution in [-0.2, 0) is 11.2 Å². The number of H-pyrrole nitrogens is 1. The minimum absolute atomic E-state index is 0.259. The van der Waals surface area contributed by atoms with Crippen molar-refractivity contribution < 1.29 is 4.79 Å². The summed E-state index contributed by atoms with van der Waals surface area (Å²) in [5, 5.41) is 1.71. The maximum atomic E-state index is 10.9. The minimum Gasteiger partial charge on any atom is -0.354 e. The van der Waals surface area contributed by atoms with Crippen LogP contribution >= 0.6 is 23.2 Å². The summed E-state index contributed by atoms with van der Waals surface area (Å²) in [5.41, 5.74) is 5.62.